The Morgan fingerprint density at radius 1 is 1.03 bits per heavy atom. The largest absolute Gasteiger partial charge is 0.357 e. The molecule has 0 fully saturated rings. The van der Waals surface area contributed by atoms with Crippen LogP contribution in [-0.2, 0) is 26.2 Å². The molecule has 0 bridgehead atoms. The molecule has 7 nitrogen and oxygen atoms in total. The molecule has 3 rings (SSSR count). The number of aryl methyl sites for hydroxylation is 2. The van der Waals surface area contributed by atoms with Crippen LogP contribution < -0.4 is 9.62 Å². The maximum Gasteiger partial charge on any atom is 0.264 e. The van der Waals surface area contributed by atoms with Crippen LogP contribution in [0.4, 0.5) is 5.69 Å². The Morgan fingerprint density at radius 3 is 2.30 bits per heavy atom. The van der Waals surface area contributed by atoms with Gasteiger partial charge in [0.1, 0.15) is 12.6 Å². The zero-order valence-electron chi connectivity index (χ0n) is 21.0. The number of nitrogens with one attached hydrogen (secondary N) is 1. The van der Waals surface area contributed by atoms with Gasteiger partial charge in [0.25, 0.3) is 10.0 Å². The molecule has 0 saturated carbocycles. The Hall–Kier alpha value is -2.88. The molecule has 0 aliphatic rings. The van der Waals surface area contributed by atoms with Crippen LogP contribution in [0.5, 0.6) is 0 Å². The summed E-state index contributed by atoms with van der Waals surface area (Å²) in [5, 5.41) is 2.94. The van der Waals surface area contributed by atoms with E-state index in [9.17, 15) is 18.0 Å². The Bertz CT molecular complexity index is 1400. The maximum atomic E-state index is 13.8. The topological polar surface area (TPSA) is 86.8 Å². The number of sulfonamides is 1. The molecular formula is C27H29BrClN3O4S. The Kier molecular flexibility index (Phi) is 9.39. The van der Waals surface area contributed by atoms with Crippen molar-refractivity contribution in [2.75, 3.05) is 17.9 Å². The van der Waals surface area contributed by atoms with Crippen LogP contribution in [0.15, 0.2) is 76.1 Å². The van der Waals surface area contributed by atoms with E-state index in [-0.39, 0.29) is 23.0 Å². The lowest BCUT2D eigenvalue weighted by Gasteiger charge is -2.32. The SMILES string of the molecule is CNC(=O)[C@H](C)N(Cc1cccc(Br)c1)C(=O)CN(c1ccc(C)c(Cl)c1)S(=O)(=O)c1ccc(C)cc1. The molecule has 2 amide bonds. The summed E-state index contributed by atoms with van der Waals surface area (Å²) < 4.78 is 29.4. The van der Waals surface area contributed by atoms with Gasteiger partial charge >= 0.3 is 0 Å². The number of anilines is 1. The number of rotatable bonds is 9. The Balaban J connectivity index is 2.06. The van der Waals surface area contributed by atoms with Gasteiger partial charge in [-0.2, -0.15) is 0 Å². The molecule has 3 aromatic rings. The minimum Gasteiger partial charge on any atom is -0.357 e. The van der Waals surface area contributed by atoms with Crippen molar-refractivity contribution in [1.29, 1.82) is 0 Å². The fourth-order valence-corrected chi connectivity index (χ4v) is 5.75. The van der Waals surface area contributed by atoms with Crippen LogP contribution in [0.1, 0.15) is 23.6 Å². The third kappa shape index (κ3) is 6.91. The summed E-state index contributed by atoms with van der Waals surface area (Å²) in [7, 11) is -2.65. The van der Waals surface area contributed by atoms with E-state index < -0.39 is 28.5 Å². The number of nitrogens with zero attached hydrogens (tertiary/aromatic N) is 2. The molecule has 1 N–H and O–H groups in total. The molecule has 0 aliphatic carbocycles. The summed E-state index contributed by atoms with van der Waals surface area (Å²) in [6, 6.07) is 17.8. The second kappa shape index (κ2) is 12.1. The molecule has 0 heterocycles. The summed E-state index contributed by atoms with van der Waals surface area (Å²) in [6.07, 6.45) is 0. The number of carbonyl (C=O) groups excluding carboxylic acids is 2. The van der Waals surface area contributed by atoms with Crippen LogP contribution in [0.2, 0.25) is 5.02 Å². The van der Waals surface area contributed by atoms with Crippen molar-refractivity contribution in [2.45, 2.75) is 38.3 Å². The van der Waals surface area contributed by atoms with Crippen LogP contribution in [-0.4, -0.2) is 44.8 Å². The zero-order chi connectivity index (χ0) is 27.3. The van der Waals surface area contributed by atoms with Gasteiger partial charge in [-0.1, -0.05) is 63.4 Å². The summed E-state index contributed by atoms with van der Waals surface area (Å²) in [5.74, 6) is -0.905. The van der Waals surface area contributed by atoms with Gasteiger partial charge in [0, 0.05) is 23.1 Å². The van der Waals surface area contributed by atoms with Crippen molar-refractivity contribution in [3.05, 3.63) is 92.9 Å². The van der Waals surface area contributed by atoms with Crippen molar-refractivity contribution in [2.24, 2.45) is 0 Å². The van der Waals surface area contributed by atoms with Gasteiger partial charge in [0.05, 0.1) is 10.6 Å². The second-order valence-corrected chi connectivity index (χ2v) is 11.9. The summed E-state index contributed by atoms with van der Waals surface area (Å²) in [6.45, 7) is 4.86. The van der Waals surface area contributed by atoms with Gasteiger partial charge in [-0.3, -0.25) is 13.9 Å². The van der Waals surface area contributed by atoms with Gasteiger partial charge in [0.15, 0.2) is 0 Å². The molecule has 0 radical (unpaired) electrons. The maximum absolute atomic E-state index is 13.8. The first-order valence-electron chi connectivity index (χ1n) is 11.5. The van der Waals surface area contributed by atoms with Crippen LogP contribution in [0, 0.1) is 13.8 Å². The van der Waals surface area contributed by atoms with E-state index in [0.29, 0.717) is 5.02 Å². The van der Waals surface area contributed by atoms with E-state index in [1.54, 1.807) is 38.1 Å². The van der Waals surface area contributed by atoms with Crippen LogP contribution in [0.25, 0.3) is 0 Å². The number of amides is 2. The second-order valence-electron chi connectivity index (χ2n) is 8.70. The lowest BCUT2D eigenvalue weighted by molar-refractivity contribution is -0.139. The zero-order valence-corrected chi connectivity index (χ0v) is 24.2. The quantitative estimate of drug-likeness (QED) is 0.368. The molecule has 0 saturated heterocycles. The molecule has 10 heteroatoms. The first-order valence-corrected chi connectivity index (χ1v) is 14.2. The number of carbonyl (C=O) groups is 2. The van der Waals surface area contributed by atoms with Crippen molar-refractivity contribution in [1.82, 2.24) is 10.2 Å². The monoisotopic (exact) mass is 605 g/mol. The molecular weight excluding hydrogens is 578 g/mol. The predicted molar refractivity (Wildman–Crippen MR) is 150 cm³/mol. The Labute approximate surface area is 231 Å². The molecule has 0 unspecified atom stereocenters. The molecule has 37 heavy (non-hydrogen) atoms. The van der Waals surface area contributed by atoms with E-state index in [2.05, 4.69) is 21.2 Å². The molecule has 0 spiro atoms. The molecule has 0 aromatic heterocycles. The molecule has 1 atom stereocenters. The van der Waals surface area contributed by atoms with E-state index in [1.165, 1.54) is 30.1 Å². The standard InChI is InChI=1S/C27H29BrClN3O4S/c1-18-8-12-24(13-9-18)37(35,36)32(23-11-10-19(2)25(29)15-23)17-26(33)31(20(3)27(34)30-4)16-21-6-5-7-22(28)14-21/h5-15,20H,16-17H2,1-4H3,(H,30,34)/t20-/m0/s1. The predicted octanol–water partition coefficient (Wildman–Crippen LogP) is 5.08. The average molecular weight is 607 g/mol. The minimum absolute atomic E-state index is 0.0421. The summed E-state index contributed by atoms with van der Waals surface area (Å²) in [4.78, 5) is 27.7. The molecule has 196 valence electrons. The number of hydrogen-bond acceptors (Lipinski definition) is 4. The number of hydrogen-bond donors (Lipinski definition) is 1. The van der Waals surface area contributed by atoms with Crippen molar-refractivity contribution < 1.29 is 18.0 Å². The third-order valence-corrected chi connectivity index (χ3v) is 8.68. The summed E-state index contributed by atoms with van der Waals surface area (Å²) in [5.41, 5.74) is 2.71. The molecule has 3 aromatic carbocycles. The highest BCUT2D eigenvalue weighted by molar-refractivity contribution is 9.10. The highest BCUT2D eigenvalue weighted by atomic mass is 79.9. The van der Waals surface area contributed by atoms with Crippen molar-refractivity contribution in [3.63, 3.8) is 0 Å². The van der Waals surface area contributed by atoms with E-state index in [0.717, 1.165) is 25.5 Å². The lowest BCUT2D eigenvalue weighted by Crippen LogP contribution is -2.50. The smallest absolute Gasteiger partial charge is 0.264 e. The highest BCUT2D eigenvalue weighted by Crippen LogP contribution is 2.29. The van der Waals surface area contributed by atoms with E-state index >= 15 is 0 Å². The van der Waals surface area contributed by atoms with Gasteiger partial charge in [-0.25, -0.2) is 8.42 Å². The number of halogens is 2. The Morgan fingerprint density at radius 2 is 1.70 bits per heavy atom. The average Bonchev–Trinajstić information content (AvgIpc) is 2.86. The fraction of sp³-hybridized carbons (Fsp3) is 0.259. The third-order valence-electron chi connectivity index (χ3n) is 5.99. The number of benzene rings is 3. The lowest BCUT2D eigenvalue weighted by atomic mass is 10.1. The van der Waals surface area contributed by atoms with Gasteiger partial charge in [-0.15, -0.1) is 0 Å². The van der Waals surface area contributed by atoms with Crippen LogP contribution >= 0.6 is 27.5 Å². The molecule has 0 aliphatic heterocycles. The van der Waals surface area contributed by atoms with E-state index in [4.69, 9.17) is 11.6 Å². The van der Waals surface area contributed by atoms with Gasteiger partial charge in [0.2, 0.25) is 11.8 Å². The van der Waals surface area contributed by atoms with Crippen molar-refractivity contribution in [3.8, 4) is 0 Å². The van der Waals surface area contributed by atoms with Crippen molar-refractivity contribution >= 4 is 55.1 Å². The highest BCUT2D eigenvalue weighted by Gasteiger charge is 2.32. The number of likely N-dealkylation sites (N-methyl/N-ethyl adjacent to an activating group) is 1. The fourth-order valence-electron chi connectivity index (χ4n) is 3.73. The first-order chi connectivity index (χ1) is 17.4. The van der Waals surface area contributed by atoms with Gasteiger partial charge < -0.3 is 10.2 Å². The van der Waals surface area contributed by atoms with E-state index in [1.807, 2.05) is 31.2 Å². The summed E-state index contributed by atoms with van der Waals surface area (Å²) >= 11 is 9.76. The van der Waals surface area contributed by atoms with Crippen LogP contribution in [0.3, 0.4) is 0 Å². The van der Waals surface area contributed by atoms with Gasteiger partial charge in [-0.05, 0) is 68.3 Å². The normalized spacial score (nSPS) is 12.1. The first kappa shape index (κ1) is 28.7. The minimum atomic E-state index is -4.14.